The maximum absolute atomic E-state index is 5.99. The van der Waals surface area contributed by atoms with Crippen molar-refractivity contribution in [1.82, 2.24) is 15.5 Å². The molecule has 0 fully saturated rings. The second-order valence-electron chi connectivity index (χ2n) is 3.96. The first kappa shape index (κ1) is 12.1. The molecule has 2 rings (SSSR count). The maximum Gasteiger partial charge on any atom is 0.0695 e. The summed E-state index contributed by atoms with van der Waals surface area (Å²) in [6.07, 6.45) is 2.99. The van der Waals surface area contributed by atoms with Crippen molar-refractivity contribution in [2.75, 3.05) is 6.54 Å². The minimum atomic E-state index is 0.740. The average Bonchev–Trinajstić information content (AvgIpc) is 2.78. The van der Waals surface area contributed by atoms with Crippen LogP contribution in [0.3, 0.4) is 0 Å². The van der Waals surface area contributed by atoms with E-state index in [9.17, 15) is 0 Å². The molecule has 0 saturated heterocycles. The summed E-state index contributed by atoms with van der Waals surface area (Å²) in [5.74, 6) is 0. The van der Waals surface area contributed by atoms with Gasteiger partial charge in [0.25, 0.3) is 0 Å². The third kappa shape index (κ3) is 3.08. The number of aromatic amines is 1. The fraction of sp³-hybridized carbons (Fsp3) is 0.308. The lowest BCUT2D eigenvalue weighted by Crippen LogP contribution is -2.13. The highest BCUT2D eigenvalue weighted by Crippen LogP contribution is 2.23. The monoisotopic (exact) mass is 249 g/mol. The molecule has 4 heteroatoms. The average molecular weight is 250 g/mol. The molecule has 0 aliphatic rings. The molecule has 2 aromatic rings. The van der Waals surface area contributed by atoms with E-state index >= 15 is 0 Å². The predicted molar refractivity (Wildman–Crippen MR) is 71.0 cm³/mol. The van der Waals surface area contributed by atoms with E-state index in [1.54, 1.807) is 0 Å². The summed E-state index contributed by atoms with van der Waals surface area (Å²) in [7, 11) is 0. The van der Waals surface area contributed by atoms with E-state index in [0.717, 1.165) is 35.8 Å². The summed E-state index contributed by atoms with van der Waals surface area (Å²) < 4.78 is 0. The Morgan fingerprint density at radius 2 is 2.29 bits per heavy atom. The third-order valence-electron chi connectivity index (χ3n) is 2.57. The van der Waals surface area contributed by atoms with Crippen molar-refractivity contribution in [3.63, 3.8) is 0 Å². The van der Waals surface area contributed by atoms with E-state index in [-0.39, 0.29) is 0 Å². The summed E-state index contributed by atoms with van der Waals surface area (Å²) in [5, 5.41) is 11.2. The van der Waals surface area contributed by atoms with Crippen LogP contribution >= 0.6 is 11.6 Å². The molecule has 17 heavy (non-hydrogen) atoms. The molecule has 90 valence electrons. The van der Waals surface area contributed by atoms with Gasteiger partial charge in [0.15, 0.2) is 0 Å². The second-order valence-corrected chi connectivity index (χ2v) is 4.39. The Hall–Kier alpha value is -1.32. The highest BCUT2D eigenvalue weighted by molar-refractivity contribution is 6.30. The van der Waals surface area contributed by atoms with Gasteiger partial charge in [0.05, 0.1) is 11.9 Å². The first-order valence-electron chi connectivity index (χ1n) is 5.80. The Kier molecular flexibility index (Phi) is 4.18. The third-order valence-corrected chi connectivity index (χ3v) is 2.81. The van der Waals surface area contributed by atoms with Crippen molar-refractivity contribution < 1.29 is 0 Å². The SMILES string of the molecule is CCCNCc1cn[nH]c1-c1cccc(Cl)c1. The first-order chi connectivity index (χ1) is 8.31. The normalized spacial score (nSPS) is 10.7. The van der Waals surface area contributed by atoms with E-state index < -0.39 is 0 Å². The van der Waals surface area contributed by atoms with Gasteiger partial charge in [-0.3, -0.25) is 5.10 Å². The lowest BCUT2D eigenvalue weighted by molar-refractivity contribution is 0.676. The Bertz CT molecular complexity index is 479. The lowest BCUT2D eigenvalue weighted by Gasteiger charge is -2.05. The maximum atomic E-state index is 5.99. The lowest BCUT2D eigenvalue weighted by atomic mass is 10.1. The predicted octanol–water partition coefficient (Wildman–Crippen LogP) is 3.23. The molecule has 0 aliphatic carbocycles. The number of nitrogens with one attached hydrogen (secondary N) is 2. The van der Waals surface area contributed by atoms with Crippen molar-refractivity contribution in [2.45, 2.75) is 19.9 Å². The van der Waals surface area contributed by atoms with Crippen LogP contribution in [0.5, 0.6) is 0 Å². The number of hydrogen-bond donors (Lipinski definition) is 2. The van der Waals surface area contributed by atoms with Crippen LogP contribution in [0.4, 0.5) is 0 Å². The number of H-pyrrole nitrogens is 1. The van der Waals surface area contributed by atoms with Gasteiger partial charge in [0.2, 0.25) is 0 Å². The molecule has 3 nitrogen and oxygen atoms in total. The van der Waals surface area contributed by atoms with Gasteiger partial charge in [-0.1, -0.05) is 30.7 Å². The van der Waals surface area contributed by atoms with Crippen LogP contribution in [0.25, 0.3) is 11.3 Å². The van der Waals surface area contributed by atoms with Crippen molar-refractivity contribution >= 4 is 11.6 Å². The standard InChI is InChI=1S/C13H16ClN3/c1-2-6-15-8-11-9-16-17-13(11)10-4-3-5-12(14)7-10/h3-5,7,9,15H,2,6,8H2,1H3,(H,16,17). The molecule has 2 N–H and O–H groups in total. The molecule has 0 amide bonds. The van der Waals surface area contributed by atoms with E-state index in [2.05, 4.69) is 22.4 Å². The Labute approximate surface area is 106 Å². The molecule has 0 unspecified atom stereocenters. The molecule has 0 atom stereocenters. The summed E-state index contributed by atoms with van der Waals surface area (Å²) >= 11 is 5.99. The largest absolute Gasteiger partial charge is 0.313 e. The highest BCUT2D eigenvalue weighted by atomic mass is 35.5. The van der Waals surface area contributed by atoms with Crippen molar-refractivity contribution in [3.05, 3.63) is 41.0 Å². The minimum absolute atomic E-state index is 0.740. The number of aromatic nitrogens is 2. The van der Waals surface area contributed by atoms with Crippen molar-refractivity contribution in [1.29, 1.82) is 0 Å². The molecule has 0 aliphatic heterocycles. The molecular formula is C13H16ClN3. The number of nitrogens with zero attached hydrogens (tertiary/aromatic N) is 1. The van der Waals surface area contributed by atoms with E-state index in [1.807, 2.05) is 30.5 Å². The molecule has 1 aromatic carbocycles. The van der Waals surface area contributed by atoms with Gasteiger partial charge < -0.3 is 5.32 Å². The summed E-state index contributed by atoms with van der Waals surface area (Å²) in [6, 6.07) is 7.79. The first-order valence-corrected chi connectivity index (χ1v) is 6.18. The number of rotatable bonds is 5. The van der Waals surface area contributed by atoms with Gasteiger partial charge in [-0.2, -0.15) is 5.10 Å². The van der Waals surface area contributed by atoms with Gasteiger partial charge in [-0.05, 0) is 25.1 Å². The summed E-state index contributed by atoms with van der Waals surface area (Å²) in [5.41, 5.74) is 3.28. The van der Waals surface area contributed by atoms with Crippen molar-refractivity contribution in [3.8, 4) is 11.3 Å². The van der Waals surface area contributed by atoms with Gasteiger partial charge >= 0.3 is 0 Å². The van der Waals surface area contributed by atoms with Crippen LogP contribution in [0.1, 0.15) is 18.9 Å². The summed E-state index contributed by atoms with van der Waals surface area (Å²) in [6.45, 7) is 3.99. The Morgan fingerprint density at radius 3 is 3.06 bits per heavy atom. The van der Waals surface area contributed by atoms with Crippen LogP contribution in [-0.4, -0.2) is 16.7 Å². The fourth-order valence-corrected chi connectivity index (χ4v) is 1.93. The minimum Gasteiger partial charge on any atom is -0.313 e. The van der Waals surface area contributed by atoms with Crippen LogP contribution in [0, 0.1) is 0 Å². The van der Waals surface area contributed by atoms with Gasteiger partial charge in [-0.25, -0.2) is 0 Å². The van der Waals surface area contributed by atoms with E-state index in [1.165, 1.54) is 5.56 Å². The van der Waals surface area contributed by atoms with E-state index in [4.69, 9.17) is 11.6 Å². The highest BCUT2D eigenvalue weighted by Gasteiger charge is 2.07. The topological polar surface area (TPSA) is 40.7 Å². The zero-order valence-electron chi connectivity index (χ0n) is 9.83. The fourth-order valence-electron chi connectivity index (χ4n) is 1.74. The molecule has 0 radical (unpaired) electrons. The Balaban J connectivity index is 2.18. The number of benzene rings is 1. The number of halogens is 1. The quantitative estimate of drug-likeness (QED) is 0.799. The van der Waals surface area contributed by atoms with E-state index in [0.29, 0.717) is 0 Å². The van der Waals surface area contributed by atoms with Gasteiger partial charge in [0, 0.05) is 22.7 Å². The molecule has 1 heterocycles. The van der Waals surface area contributed by atoms with Crippen LogP contribution < -0.4 is 5.32 Å². The summed E-state index contributed by atoms with van der Waals surface area (Å²) in [4.78, 5) is 0. The molecule has 0 bridgehead atoms. The zero-order valence-corrected chi connectivity index (χ0v) is 10.6. The zero-order chi connectivity index (χ0) is 12.1. The molecule has 0 saturated carbocycles. The van der Waals surface area contributed by atoms with Crippen LogP contribution in [0.2, 0.25) is 5.02 Å². The molecular weight excluding hydrogens is 234 g/mol. The van der Waals surface area contributed by atoms with Crippen molar-refractivity contribution in [2.24, 2.45) is 0 Å². The number of hydrogen-bond acceptors (Lipinski definition) is 2. The second kappa shape index (κ2) is 5.84. The van der Waals surface area contributed by atoms with Gasteiger partial charge in [-0.15, -0.1) is 0 Å². The molecule has 0 spiro atoms. The molecule has 1 aromatic heterocycles. The van der Waals surface area contributed by atoms with Crippen LogP contribution in [0.15, 0.2) is 30.5 Å². The Morgan fingerprint density at radius 1 is 1.41 bits per heavy atom. The smallest absolute Gasteiger partial charge is 0.0695 e. The van der Waals surface area contributed by atoms with Gasteiger partial charge in [0.1, 0.15) is 0 Å². The van der Waals surface area contributed by atoms with Crippen LogP contribution in [-0.2, 0) is 6.54 Å².